The lowest BCUT2D eigenvalue weighted by Crippen LogP contribution is -2.39. The molecule has 1 fully saturated rings. The van der Waals surface area contributed by atoms with E-state index in [2.05, 4.69) is 17.0 Å². The van der Waals surface area contributed by atoms with Crippen molar-refractivity contribution in [2.24, 2.45) is 0 Å². The van der Waals surface area contributed by atoms with Crippen molar-refractivity contribution >= 4 is 39.7 Å². The molecular weight excluding hydrogens is 512 g/mol. The maximum atomic E-state index is 12.3. The zero-order valence-corrected chi connectivity index (χ0v) is 19.4. The first-order valence-corrected chi connectivity index (χ1v) is 12.8. The van der Waals surface area contributed by atoms with E-state index in [1.54, 1.807) is 0 Å². The monoisotopic (exact) mass is 532 g/mol. The second kappa shape index (κ2) is 12.0. The fourth-order valence-corrected chi connectivity index (χ4v) is 4.65. The van der Waals surface area contributed by atoms with Gasteiger partial charge < -0.3 is 24.2 Å². The van der Waals surface area contributed by atoms with Gasteiger partial charge in [0, 0.05) is 19.4 Å². The Morgan fingerprint density at radius 3 is 2.73 bits per heavy atom. The van der Waals surface area contributed by atoms with Gasteiger partial charge in [-0.3, -0.25) is 28.5 Å². The summed E-state index contributed by atoms with van der Waals surface area (Å²) < 4.78 is 50.3. The number of hydrogen-bond acceptors (Lipinski definition) is 11. The molecule has 33 heavy (non-hydrogen) atoms. The molecule has 2 heterocycles. The van der Waals surface area contributed by atoms with Crippen LogP contribution >= 0.6 is 27.2 Å². The molecule has 0 spiro atoms. The Kier molecular flexibility index (Phi) is 9.90. The fourth-order valence-electron chi connectivity index (χ4n) is 2.92. The minimum Gasteiger partial charge on any atom is -0.481 e. The minimum atomic E-state index is -4.77. The summed E-state index contributed by atoms with van der Waals surface area (Å²) in [6, 6.07) is 1.04. The summed E-state index contributed by atoms with van der Waals surface area (Å²) in [7, 11) is -6.06. The highest BCUT2D eigenvalue weighted by atomic mass is 32.7. The summed E-state index contributed by atoms with van der Waals surface area (Å²) >= 11 is 3.67. The number of methoxy groups -OCH3 is 1. The van der Waals surface area contributed by atoms with E-state index in [1.165, 1.54) is 7.11 Å². The van der Waals surface area contributed by atoms with Crippen LogP contribution in [0, 0.1) is 0 Å². The number of carbonyl (C=O) groups is 2. The molecule has 2 rings (SSSR count). The van der Waals surface area contributed by atoms with Crippen LogP contribution in [0.3, 0.4) is 0 Å². The molecule has 1 saturated heterocycles. The third-order valence-corrected chi connectivity index (χ3v) is 6.02. The molecule has 0 radical (unpaired) electrons. The van der Waals surface area contributed by atoms with Crippen LogP contribution in [0.25, 0.3) is 0 Å². The van der Waals surface area contributed by atoms with Crippen molar-refractivity contribution in [1.82, 2.24) is 14.6 Å². The van der Waals surface area contributed by atoms with E-state index in [4.69, 9.17) is 23.6 Å². The molecule has 0 saturated carbocycles. The molecule has 1 aliphatic heterocycles. The Bertz CT molecular complexity index is 1030. The van der Waals surface area contributed by atoms with Crippen LogP contribution in [0.2, 0.25) is 0 Å². The lowest BCUT2D eigenvalue weighted by atomic mass is 10.1. The lowest BCUT2D eigenvalue weighted by molar-refractivity contribution is -0.144. The molecule has 1 aromatic rings. The fraction of sp³-hybridized carbons (Fsp3) is 0.571. The number of ether oxygens (including phenoxy) is 3. The first kappa shape index (κ1) is 27.3. The maximum absolute atomic E-state index is 12.3. The molecule has 7 atom stereocenters. The summed E-state index contributed by atoms with van der Waals surface area (Å²) in [5.74, 6) is -1.43. The summed E-state index contributed by atoms with van der Waals surface area (Å²) in [5.41, 5.74) is -1.53. The predicted octanol–water partition coefficient (Wildman–Crippen LogP) is -0.898. The number of thiol groups is 1. The van der Waals surface area contributed by atoms with Crippen molar-refractivity contribution < 1.29 is 52.0 Å². The number of rotatable bonds is 13. The molecule has 0 bridgehead atoms. The van der Waals surface area contributed by atoms with Gasteiger partial charge in [0.15, 0.2) is 18.6 Å². The second-order valence-electron chi connectivity index (χ2n) is 6.35. The topological polar surface area (TPSA) is 222 Å². The second-order valence-corrected chi connectivity index (χ2v) is 9.58. The Morgan fingerprint density at radius 1 is 1.48 bits per heavy atom. The van der Waals surface area contributed by atoms with E-state index < -0.39 is 76.0 Å². The molecule has 16 nitrogen and oxygen atoms in total. The zero-order valence-electron chi connectivity index (χ0n) is 16.7. The lowest BCUT2D eigenvalue weighted by Gasteiger charge is -2.21. The molecule has 184 valence electrons. The standard InChI is InChI=1S/C14H19N3O13P2S/c1-26-12-11(30-31(23)33)7(29-13(12)17-3-2-8(19)15-14(17)22)5-28-32(24,25)16-9(27-6-18)4-10(20)21/h2-3,6-7,9,11-13H,4-5H2,1H3,(H4-,15,16,19,20,21,22,23,24,25,33)/p+1. The van der Waals surface area contributed by atoms with Crippen LogP contribution in [0.1, 0.15) is 12.6 Å². The molecule has 1 aromatic heterocycles. The van der Waals surface area contributed by atoms with Crippen molar-refractivity contribution in [3.05, 3.63) is 33.1 Å². The van der Waals surface area contributed by atoms with Crippen LogP contribution in [0.4, 0.5) is 0 Å². The number of hydrogen-bond donors (Lipinski definition) is 5. The number of nitrogens with zero attached hydrogens (tertiary/aromatic N) is 1. The molecule has 0 amide bonds. The number of nitrogens with one attached hydrogen (secondary N) is 2. The van der Waals surface area contributed by atoms with Crippen molar-refractivity contribution in [1.29, 1.82) is 0 Å². The molecule has 0 aromatic carbocycles. The molecule has 7 unspecified atom stereocenters. The number of carboxylic acids is 1. The van der Waals surface area contributed by atoms with E-state index in [-0.39, 0.29) is 6.47 Å². The molecule has 0 aliphatic carbocycles. The van der Waals surface area contributed by atoms with E-state index in [1.807, 2.05) is 10.1 Å². The van der Waals surface area contributed by atoms with E-state index in [9.17, 15) is 33.2 Å². The maximum Gasteiger partial charge on any atom is 0.582 e. The van der Waals surface area contributed by atoms with Gasteiger partial charge in [-0.2, -0.15) is 5.09 Å². The smallest absolute Gasteiger partial charge is 0.481 e. The zero-order chi connectivity index (χ0) is 24.8. The van der Waals surface area contributed by atoms with Gasteiger partial charge in [0.25, 0.3) is 12.0 Å². The van der Waals surface area contributed by atoms with Crippen LogP contribution in [0.5, 0.6) is 0 Å². The van der Waals surface area contributed by atoms with Crippen LogP contribution in [-0.4, -0.2) is 70.2 Å². The van der Waals surface area contributed by atoms with Gasteiger partial charge in [0.2, 0.25) is 0 Å². The highest BCUT2D eigenvalue weighted by Crippen LogP contribution is 2.43. The summed E-state index contributed by atoms with van der Waals surface area (Å²) in [6.07, 6.45) is -6.22. The quantitative estimate of drug-likeness (QED) is 0.0899. The Hall–Kier alpha value is -1.94. The van der Waals surface area contributed by atoms with Crippen molar-refractivity contribution in [2.45, 2.75) is 37.2 Å². The number of carbonyl (C=O) groups excluding carboxylic acids is 1. The molecule has 4 N–H and O–H groups in total. The van der Waals surface area contributed by atoms with Crippen LogP contribution in [0.15, 0.2) is 21.9 Å². The van der Waals surface area contributed by atoms with E-state index in [0.29, 0.717) is 0 Å². The number of H-pyrrole nitrogens is 1. The van der Waals surface area contributed by atoms with E-state index in [0.717, 1.165) is 16.8 Å². The minimum absolute atomic E-state index is 0.122. The highest BCUT2D eigenvalue weighted by Gasteiger charge is 2.51. The summed E-state index contributed by atoms with van der Waals surface area (Å²) in [5, 5.41) is 10.6. The van der Waals surface area contributed by atoms with Gasteiger partial charge in [-0.05, 0) is 4.57 Å². The van der Waals surface area contributed by atoms with Gasteiger partial charge >= 0.3 is 26.6 Å². The van der Waals surface area contributed by atoms with Crippen molar-refractivity contribution in [3.8, 4) is 0 Å². The molecule has 19 heteroatoms. The average molecular weight is 532 g/mol. The molecular formula is C14H20N3O13P2S+. The normalized spacial score (nSPS) is 25.7. The third-order valence-electron chi connectivity index (χ3n) is 4.20. The Labute approximate surface area is 190 Å². The van der Waals surface area contributed by atoms with E-state index >= 15 is 0 Å². The number of aliphatic carboxylic acids is 1. The summed E-state index contributed by atoms with van der Waals surface area (Å²) in [4.78, 5) is 56.7. The molecule has 1 aliphatic rings. The number of aromatic nitrogens is 2. The van der Waals surface area contributed by atoms with Crippen LogP contribution < -0.4 is 16.3 Å². The Morgan fingerprint density at radius 2 is 2.18 bits per heavy atom. The van der Waals surface area contributed by atoms with Gasteiger partial charge in [0.1, 0.15) is 24.5 Å². The SMILES string of the molecule is COC1C(O[P+](=O)S)C(COP(=O)(O)NC(CC(=O)O)OC=O)OC1n1ccc(=O)[nH]c1=O. The van der Waals surface area contributed by atoms with Crippen LogP contribution in [-0.2, 0) is 42.0 Å². The van der Waals surface area contributed by atoms with Gasteiger partial charge in [-0.1, -0.05) is 0 Å². The van der Waals surface area contributed by atoms with Crippen molar-refractivity contribution in [3.63, 3.8) is 0 Å². The van der Waals surface area contributed by atoms with Crippen molar-refractivity contribution in [2.75, 3.05) is 13.7 Å². The van der Waals surface area contributed by atoms with Gasteiger partial charge in [0.05, 0.1) is 13.0 Å². The number of carboxylic acid groups (broad SMARTS) is 1. The highest BCUT2D eigenvalue weighted by molar-refractivity contribution is 8.39. The average Bonchev–Trinajstić information content (AvgIpc) is 3.02. The predicted molar refractivity (Wildman–Crippen MR) is 110 cm³/mol. The Balaban J connectivity index is 2.22. The summed E-state index contributed by atoms with van der Waals surface area (Å²) in [6.45, 7) is -0.832. The number of aromatic amines is 1. The van der Waals surface area contributed by atoms with Gasteiger partial charge in [-0.25, -0.2) is 9.36 Å². The van der Waals surface area contributed by atoms with Gasteiger partial charge in [-0.15, -0.1) is 4.52 Å². The third kappa shape index (κ3) is 7.81. The first-order chi connectivity index (χ1) is 15.5. The first-order valence-electron chi connectivity index (χ1n) is 8.86. The largest absolute Gasteiger partial charge is 0.582 e.